The van der Waals surface area contributed by atoms with Gasteiger partial charge in [-0.2, -0.15) is 0 Å². The van der Waals surface area contributed by atoms with E-state index in [0.29, 0.717) is 0 Å². The van der Waals surface area contributed by atoms with Gasteiger partial charge in [0.05, 0.1) is 6.26 Å². The van der Waals surface area contributed by atoms with Gasteiger partial charge in [0.2, 0.25) is 0 Å². The van der Waals surface area contributed by atoms with Gasteiger partial charge in [-0.25, -0.2) is 0 Å². The Hall–Kier alpha value is -0.370. The molecule has 1 heterocycles. The minimum Gasteiger partial charge on any atom is -0.468 e. The molecule has 0 aromatic carbocycles. The molecular formula is C8H12OS. The second-order valence-corrected chi connectivity index (χ2v) is 3.87. The van der Waals surface area contributed by atoms with Crippen LogP contribution in [0.2, 0.25) is 0 Å². The quantitative estimate of drug-likeness (QED) is 0.570. The molecule has 1 aromatic heterocycles. The SMILES string of the molecule is CC(C)(C)c1occc1S. The maximum Gasteiger partial charge on any atom is 0.122 e. The Morgan fingerprint density at radius 3 is 2.20 bits per heavy atom. The molecule has 2 heteroatoms. The van der Waals surface area contributed by atoms with Crippen LogP contribution in [0.5, 0.6) is 0 Å². The summed E-state index contributed by atoms with van der Waals surface area (Å²) in [6.45, 7) is 6.31. The molecule has 0 spiro atoms. The van der Waals surface area contributed by atoms with E-state index in [2.05, 4.69) is 33.4 Å². The standard InChI is InChI=1S/C8H12OS/c1-8(2,3)7-6(10)4-5-9-7/h4-5,10H,1-3H3. The lowest BCUT2D eigenvalue weighted by atomic mass is 9.93. The second-order valence-electron chi connectivity index (χ2n) is 3.38. The zero-order valence-electron chi connectivity index (χ0n) is 6.51. The van der Waals surface area contributed by atoms with Crippen molar-refractivity contribution in [1.29, 1.82) is 0 Å². The van der Waals surface area contributed by atoms with Crippen molar-refractivity contribution in [2.45, 2.75) is 31.1 Å². The molecule has 0 atom stereocenters. The monoisotopic (exact) mass is 156 g/mol. The lowest BCUT2D eigenvalue weighted by Gasteiger charge is -2.15. The molecule has 56 valence electrons. The van der Waals surface area contributed by atoms with E-state index >= 15 is 0 Å². The van der Waals surface area contributed by atoms with Crippen molar-refractivity contribution >= 4 is 12.6 Å². The molecule has 0 aliphatic heterocycles. The van der Waals surface area contributed by atoms with Crippen LogP contribution in [0.4, 0.5) is 0 Å². The lowest BCUT2D eigenvalue weighted by molar-refractivity contribution is 0.400. The zero-order valence-corrected chi connectivity index (χ0v) is 7.40. The Labute approximate surface area is 66.8 Å². The van der Waals surface area contributed by atoms with Gasteiger partial charge in [0.1, 0.15) is 5.76 Å². The zero-order chi connectivity index (χ0) is 7.78. The molecule has 1 nitrogen and oxygen atoms in total. The highest BCUT2D eigenvalue weighted by molar-refractivity contribution is 7.80. The van der Waals surface area contributed by atoms with Crippen LogP contribution in [0.1, 0.15) is 26.5 Å². The fourth-order valence-corrected chi connectivity index (χ4v) is 1.31. The molecule has 1 rings (SSSR count). The van der Waals surface area contributed by atoms with Gasteiger partial charge >= 0.3 is 0 Å². The predicted octanol–water partition coefficient (Wildman–Crippen LogP) is 2.87. The molecule has 1 aromatic rings. The summed E-state index contributed by atoms with van der Waals surface area (Å²) in [7, 11) is 0. The van der Waals surface area contributed by atoms with Crippen LogP contribution in [-0.4, -0.2) is 0 Å². The number of hydrogen-bond donors (Lipinski definition) is 1. The number of rotatable bonds is 0. The average Bonchev–Trinajstić information content (AvgIpc) is 2.11. The summed E-state index contributed by atoms with van der Waals surface area (Å²) in [4.78, 5) is 0.938. The van der Waals surface area contributed by atoms with E-state index in [-0.39, 0.29) is 5.41 Å². The van der Waals surface area contributed by atoms with Crippen molar-refractivity contribution in [1.82, 2.24) is 0 Å². The summed E-state index contributed by atoms with van der Waals surface area (Å²) in [5, 5.41) is 0. The van der Waals surface area contributed by atoms with Crippen molar-refractivity contribution in [3.8, 4) is 0 Å². The molecule has 0 fully saturated rings. The molecule has 0 aliphatic carbocycles. The van der Waals surface area contributed by atoms with E-state index in [9.17, 15) is 0 Å². The molecule has 0 N–H and O–H groups in total. The van der Waals surface area contributed by atoms with Gasteiger partial charge < -0.3 is 4.42 Å². The summed E-state index contributed by atoms with van der Waals surface area (Å²) < 4.78 is 5.25. The van der Waals surface area contributed by atoms with Crippen LogP contribution in [0.25, 0.3) is 0 Å². The third kappa shape index (κ3) is 1.37. The maximum absolute atomic E-state index is 5.25. The van der Waals surface area contributed by atoms with Crippen molar-refractivity contribution in [3.63, 3.8) is 0 Å². The summed E-state index contributed by atoms with van der Waals surface area (Å²) in [6, 6.07) is 1.86. The summed E-state index contributed by atoms with van der Waals surface area (Å²) >= 11 is 4.25. The average molecular weight is 156 g/mol. The predicted molar refractivity (Wildman–Crippen MR) is 44.7 cm³/mol. The number of thiol groups is 1. The molecule has 0 saturated carbocycles. The highest BCUT2D eigenvalue weighted by Gasteiger charge is 2.19. The van der Waals surface area contributed by atoms with Crippen molar-refractivity contribution in [3.05, 3.63) is 18.1 Å². The maximum atomic E-state index is 5.25. The minimum absolute atomic E-state index is 0.0700. The first-order valence-corrected chi connectivity index (χ1v) is 3.73. The molecule has 0 aliphatic rings. The fraction of sp³-hybridized carbons (Fsp3) is 0.500. The summed E-state index contributed by atoms with van der Waals surface area (Å²) in [5.41, 5.74) is 0.0700. The van der Waals surface area contributed by atoms with E-state index in [4.69, 9.17) is 4.42 Å². The molecule has 0 amide bonds. The van der Waals surface area contributed by atoms with Crippen LogP contribution in [0.15, 0.2) is 21.6 Å². The minimum atomic E-state index is 0.0700. The Kier molecular flexibility index (Phi) is 1.82. The third-order valence-electron chi connectivity index (χ3n) is 1.33. The Bertz CT molecular complexity index is 219. The van der Waals surface area contributed by atoms with Crippen LogP contribution in [-0.2, 0) is 5.41 Å². The van der Waals surface area contributed by atoms with Gasteiger partial charge in [-0.15, -0.1) is 12.6 Å². The summed E-state index contributed by atoms with van der Waals surface area (Å²) in [6.07, 6.45) is 1.67. The van der Waals surface area contributed by atoms with E-state index < -0.39 is 0 Å². The largest absolute Gasteiger partial charge is 0.468 e. The van der Waals surface area contributed by atoms with Crippen molar-refractivity contribution in [2.75, 3.05) is 0 Å². The van der Waals surface area contributed by atoms with Gasteiger partial charge in [0, 0.05) is 10.3 Å². The first kappa shape index (κ1) is 7.73. The molecule has 0 bridgehead atoms. The Morgan fingerprint density at radius 1 is 1.40 bits per heavy atom. The van der Waals surface area contributed by atoms with Gasteiger partial charge in [0.15, 0.2) is 0 Å². The smallest absolute Gasteiger partial charge is 0.122 e. The Balaban J connectivity index is 3.05. The number of hydrogen-bond acceptors (Lipinski definition) is 2. The van der Waals surface area contributed by atoms with E-state index in [1.54, 1.807) is 6.26 Å². The van der Waals surface area contributed by atoms with Crippen LogP contribution < -0.4 is 0 Å². The first-order chi connectivity index (χ1) is 4.52. The lowest BCUT2D eigenvalue weighted by Crippen LogP contribution is -2.10. The molecule has 10 heavy (non-hydrogen) atoms. The molecular weight excluding hydrogens is 144 g/mol. The molecule has 0 unspecified atom stereocenters. The van der Waals surface area contributed by atoms with E-state index in [1.807, 2.05) is 6.07 Å². The highest BCUT2D eigenvalue weighted by Crippen LogP contribution is 2.28. The van der Waals surface area contributed by atoms with Gasteiger partial charge in [-0.05, 0) is 6.07 Å². The van der Waals surface area contributed by atoms with Crippen molar-refractivity contribution < 1.29 is 4.42 Å². The second kappa shape index (κ2) is 2.35. The highest BCUT2D eigenvalue weighted by atomic mass is 32.1. The van der Waals surface area contributed by atoms with E-state index in [0.717, 1.165) is 10.7 Å². The van der Waals surface area contributed by atoms with Gasteiger partial charge in [-0.1, -0.05) is 20.8 Å². The fourth-order valence-electron chi connectivity index (χ4n) is 0.864. The Morgan fingerprint density at radius 2 is 2.00 bits per heavy atom. The van der Waals surface area contributed by atoms with Gasteiger partial charge in [0.25, 0.3) is 0 Å². The summed E-state index contributed by atoms with van der Waals surface area (Å²) in [5.74, 6) is 0.954. The van der Waals surface area contributed by atoms with Crippen LogP contribution >= 0.6 is 12.6 Å². The number of furan rings is 1. The third-order valence-corrected chi connectivity index (χ3v) is 1.68. The normalized spacial score (nSPS) is 12.0. The molecule has 0 saturated heterocycles. The first-order valence-electron chi connectivity index (χ1n) is 3.29. The van der Waals surface area contributed by atoms with Crippen molar-refractivity contribution in [2.24, 2.45) is 0 Å². The topological polar surface area (TPSA) is 13.1 Å². The van der Waals surface area contributed by atoms with E-state index in [1.165, 1.54) is 0 Å². The van der Waals surface area contributed by atoms with Crippen LogP contribution in [0, 0.1) is 0 Å². The van der Waals surface area contributed by atoms with Gasteiger partial charge in [-0.3, -0.25) is 0 Å². The molecule has 0 radical (unpaired) electrons. The van der Waals surface area contributed by atoms with Crippen LogP contribution in [0.3, 0.4) is 0 Å².